The number of nitrogens with zero attached hydrogens (tertiary/aromatic N) is 3. The minimum atomic E-state index is -0.432. The molecule has 0 amide bonds. The van der Waals surface area contributed by atoms with E-state index in [1.807, 2.05) is 11.9 Å². The lowest BCUT2D eigenvalue weighted by atomic mass is 9.84. The van der Waals surface area contributed by atoms with Gasteiger partial charge in [0.1, 0.15) is 11.0 Å². The van der Waals surface area contributed by atoms with Gasteiger partial charge in [0.2, 0.25) is 0 Å². The molecule has 2 rings (SSSR count). The van der Waals surface area contributed by atoms with Gasteiger partial charge < -0.3 is 4.90 Å². The van der Waals surface area contributed by atoms with E-state index >= 15 is 0 Å². The molecule has 0 atom stereocenters. The Morgan fingerprint density at radius 3 is 2.60 bits per heavy atom. The standard InChI is InChI=1S/C14H20ClN3O2/c1-3-10-4-6-11(7-5-10)17(2)14-9-12(18(19)20)8-13(15)16-14/h8-11H,3-7H2,1-2H3. The molecule has 20 heavy (non-hydrogen) atoms. The van der Waals surface area contributed by atoms with Crippen molar-refractivity contribution in [3.8, 4) is 0 Å². The van der Waals surface area contributed by atoms with Crippen LogP contribution in [0.3, 0.4) is 0 Å². The van der Waals surface area contributed by atoms with Gasteiger partial charge in [-0.3, -0.25) is 10.1 Å². The van der Waals surface area contributed by atoms with Crippen molar-refractivity contribution >= 4 is 23.1 Å². The third-order valence-electron chi connectivity index (χ3n) is 4.28. The SMILES string of the molecule is CCC1CCC(N(C)c2cc([N+](=O)[O-])cc(Cl)n2)CC1. The molecule has 0 aliphatic heterocycles. The summed E-state index contributed by atoms with van der Waals surface area (Å²) in [6.45, 7) is 2.23. The fraction of sp³-hybridized carbons (Fsp3) is 0.643. The van der Waals surface area contributed by atoms with Crippen LogP contribution in [0.4, 0.5) is 11.5 Å². The molecule has 0 N–H and O–H groups in total. The zero-order valence-corrected chi connectivity index (χ0v) is 12.6. The summed E-state index contributed by atoms with van der Waals surface area (Å²) < 4.78 is 0. The first-order valence-electron chi connectivity index (χ1n) is 7.06. The van der Waals surface area contributed by atoms with Crippen molar-refractivity contribution in [1.82, 2.24) is 4.98 Å². The van der Waals surface area contributed by atoms with Crippen LogP contribution < -0.4 is 4.90 Å². The van der Waals surface area contributed by atoms with Crippen LogP contribution >= 0.6 is 11.6 Å². The third-order valence-corrected chi connectivity index (χ3v) is 4.47. The molecule has 1 saturated carbocycles. The fourth-order valence-electron chi connectivity index (χ4n) is 2.88. The van der Waals surface area contributed by atoms with Gasteiger partial charge in [-0.2, -0.15) is 0 Å². The molecule has 1 heterocycles. The maximum absolute atomic E-state index is 10.9. The predicted molar refractivity (Wildman–Crippen MR) is 80.3 cm³/mol. The second-order valence-corrected chi connectivity index (χ2v) is 5.84. The first-order valence-corrected chi connectivity index (χ1v) is 7.43. The van der Waals surface area contributed by atoms with Crippen LogP contribution in [0.25, 0.3) is 0 Å². The number of halogens is 1. The van der Waals surface area contributed by atoms with Crippen LogP contribution in [0, 0.1) is 16.0 Å². The Balaban J connectivity index is 2.13. The summed E-state index contributed by atoms with van der Waals surface area (Å²) in [5, 5.41) is 11.1. The smallest absolute Gasteiger partial charge is 0.276 e. The average Bonchev–Trinajstić information content (AvgIpc) is 2.46. The molecule has 0 bridgehead atoms. The highest BCUT2D eigenvalue weighted by Gasteiger charge is 2.25. The van der Waals surface area contributed by atoms with Crippen molar-refractivity contribution < 1.29 is 4.92 Å². The van der Waals surface area contributed by atoms with Crippen molar-refractivity contribution in [1.29, 1.82) is 0 Å². The van der Waals surface area contributed by atoms with Gasteiger partial charge in [-0.15, -0.1) is 0 Å². The van der Waals surface area contributed by atoms with E-state index in [1.165, 1.54) is 31.4 Å². The first-order chi connectivity index (χ1) is 9.51. The summed E-state index contributed by atoms with van der Waals surface area (Å²) in [7, 11) is 1.94. The molecule has 6 heteroatoms. The Morgan fingerprint density at radius 1 is 1.40 bits per heavy atom. The fourth-order valence-corrected chi connectivity index (χ4v) is 3.08. The lowest BCUT2D eigenvalue weighted by Crippen LogP contribution is -2.35. The summed E-state index contributed by atoms with van der Waals surface area (Å²) in [6.07, 6.45) is 5.88. The molecule has 1 fully saturated rings. The number of nitro groups is 1. The van der Waals surface area contributed by atoms with Crippen molar-refractivity contribution in [3.05, 3.63) is 27.4 Å². The second kappa shape index (κ2) is 6.39. The molecule has 1 aliphatic rings. The van der Waals surface area contributed by atoms with E-state index < -0.39 is 4.92 Å². The third kappa shape index (κ3) is 3.39. The minimum absolute atomic E-state index is 0.00547. The van der Waals surface area contributed by atoms with E-state index in [9.17, 15) is 10.1 Å². The van der Waals surface area contributed by atoms with Crippen molar-refractivity contribution in [3.63, 3.8) is 0 Å². The molecule has 0 spiro atoms. The lowest BCUT2D eigenvalue weighted by molar-refractivity contribution is -0.384. The maximum Gasteiger partial charge on any atom is 0.276 e. The average molecular weight is 298 g/mol. The van der Waals surface area contributed by atoms with Crippen LogP contribution in [0.1, 0.15) is 39.0 Å². The van der Waals surface area contributed by atoms with Gasteiger partial charge in [-0.05, 0) is 31.6 Å². The van der Waals surface area contributed by atoms with E-state index in [0.717, 1.165) is 18.8 Å². The highest BCUT2D eigenvalue weighted by Crippen LogP contribution is 2.32. The number of hydrogen-bond acceptors (Lipinski definition) is 4. The molecule has 0 saturated heterocycles. The molecule has 110 valence electrons. The minimum Gasteiger partial charge on any atom is -0.356 e. The normalized spacial score (nSPS) is 22.6. The second-order valence-electron chi connectivity index (χ2n) is 5.46. The van der Waals surface area contributed by atoms with Gasteiger partial charge in [0, 0.05) is 13.1 Å². The first kappa shape index (κ1) is 15.0. The number of aromatic nitrogens is 1. The van der Waals surface area contributed by atoms with Gasteiger partial charge >= 0.3 is 0 Å². The molecule has 0 radical (unpaired) electrons. The summed E-state index contributed by atoms with van der Waals surface area (Å²) in [6, 6.07) is 3.17. The maximum atomic E-state index is 10.9. The number of rotatable bonds is 4. The number of pyridine rings is 1. The van der Waals surface area contributed by atoms with E-state index in [1.54, 1.807) is 0 Å². The van der Waals surface area contributed by atoms with Crippen LogP contribution in [-0.2, 0) is 0 Å². The van der Waals surface area contributed by atoms with E-state index in [-0.39, 0.29) is 10.8 Å². The lowest BCUT2D eigenvalue weighted by Gasteiger charge is -2.35. The zero-order valence-electron chi connectivity index (χ0n) is 11.9. The molecule has 5 nitrogen and oxygen atoms in total. The van der Waals surface area contributed by atoms with Crippen molar-refractivity contribution in [2.45, 2.75) is 45.1 Å². The largest absolute Gasteiger partial charge is 0.356 e. The highest BCUT2D eigenvalue weighted by molar-refractivity contribution is 6.29. The van der Waals surface area contributed by atoms with E-state index in [0.29, 0.717) is 11.9 Å². The van der Waals surface area contributed by atoms with Gasteiger partial charge in [-0.1, -0.05) is 24.9 Å². The molecule has 0 unspecified atom stereocenters. The molecular formula is C14H20ClN3O2. The van der Waals surface area contributed by atoms with Crippen LogP contribution in [-0.4, -0.2) is 23.0 Å². The molecule has 1 aromatic heterocycles. The quantitative estimate of drug-likeness (QED) is 0.478. The highest BCUT2D eigenvalue weighted by atomic mass is 35.5. The van der Waals surface area contributed by atoms with E-state index in [4.69, 9.17) is 11.6 Å². The predicted octanol–water partition coefficient (Wildman–Crippen LogP) is 4.05. The summed E-state index contributed by atoms with van der Waals surface area (Å²) in [5.41, 5.74) is -0.00547. The van der Waals surface area contributed by atoms with Gasteiger partial charge in [0.15, 0.2) is 0 Å². The van der Waals surface area contributed by atoms with Crippen molar-refractivity contribution in [2.75, 3.05) is 11.9 Å². The Kier molecular flexibility index (Phi) is 4.81. The zero-order chi connectivity index (χ0) is 14.7. The van der Waals surface area contributed by atoms with Crippen LogP contribution in [0.5, 0.6) is 0 Å². The Morgan fingerprint density at radius 2 is 2.05 bits per heavy atom. The number of hydrogen-bond donors (Lipinski definition) is 0. The summed E-state index contributed by atoms with van der Waals surface area (Å²) >= 11 is 5.88. The molecule has 1 aliphatic carbocycles. The van der Waals surface area contributed by atoms with Gasteiger partial charge in [0.25, 0.3) is 5.69 Å². The van der Waals surface area contributed by atoms with Crippen LogP contribution in [0.15, 0.2) is 12.1 Å². The Hall–Kier alpha value is -1.36. The van der Waals surface area contributed by atoms with Gasteiger partial charge in [0.05, 0.1) is 17.1 Å². The number of anilines is 1. The van der Waals surface area contributed by atoms with Crippen LogP contribution in [0.2, 0.25) is 5.15 Å². The van der Waals surface area contributed by atoms with E-state index in [2.05, 4.69) is 11.9 Å². The Labute approximate surface area is 124 Å². The van der Waals surface area contributed by atoms with Gasteiger partial charge in [-0.25, -0.2) is 4.98 Å². The monoisotopic (exact) mass is 297 g/mol. The molecular weight excluding hydrogens is 278 g/mol. The summed E-state index contributed by atoms with van der Waals surface area (Å²) in [4.78, 5) is 16.7. The summed E-state index contributed by atoms with van der Waals surface area (Å²) in [5.74, 6) is 1.41. The molecule has 1 aromatic rings. The van der Waals surface area contributed by atoms with Crippen molar-refractivity contribution in [2.24, 2.45) is 5.92 Å². The Bertz CT molecular complexity index is 487. The topological polar surface area (TPSA) is 59.3 Å². The molecule has 0 aromatic carbocycles.